The molecule has 9 heteroatoms. The van der Waals surface area contributed by atoms with Crippen molar-refractivity contribution in [2.45, 2.75) is 23.7 Å². The van der Waals surface area contributed by atoms with E-state index in [0.717, 1.165) is 18.5 Å². The van der Waals surface area contributed by atoms with E-state index in [-0.39, 0.29) is 10.6 Å². The van der Waals surface area contributed by atoms with Crippen LogP contribution in [0.3, 0.4) is 0 Å². The largest absolute Gasteiger partial charge is 0.495 e. The van der Waals surface area contributed by atoms with E-state index < -0.39 is 15.9 Å². The van der Waals surface area contributed by atoms with Crippen molar-refractivity contribution in [1.29, 1.82) is 0 Å². The molecule has 0 spiro atoms. The van der Waals surface area contributed by atoms with E-state index in [1.165, 1.54) is 19.2 Å². The van der Waals surface area contributed by atoms with Crippen molar-refractivity contribution in [2.24, 2.45) is 0 Å². The highest BCUT2D eigenvalue weighted by atomic mass is 32.2. The fraction of sp³-hybridized carbons (Fsp3) is 0.200. The van der Waals surface area contributed by atoms with Crippen LogP contribution in [-0.4, -0.2) is 31.6 Å². The number of H-pyrrole nitrogens is 1. The minimum Gasteiger partial charge on any atom is -0.495 e. The molecule has 1 fully saturated rings. The van der Waals surface area contributed by atoms with Gasteiger partial charge in [-0.15, -0.1) is 0 Å². The molecular weight excluding hydrogens is 392 g/mol. The summed E-state index contributed by atoms with van der Waals surface area (Å²) in [7, 11) is -2.41. The van der Waals surface area contributed by atoms with Crippen molar-refractivity contribution in [2.75, 3.05) is 17.1 Å². The number of hydrogen-bond donors (Lipinski definition) is 3. The molecule has 3 aromatic rings. The molecule has 8 nitrogen and oxygen atoms in total. The third kappa shape index (κ3) is 4.24. The SMILES string of the molecule is COc1ccccc1NS(=O)(=O)c1cccc(NC(=O)c2cc(C3CC3)[nH]n2)c1. The summed E-state index contributed by atoms with van der Waals surface area (Å²) < 4.78 is 33.2. The van der Waals surface area contributed by atoms with E-state index in [0.29, 0.717) is 23.0 Å². The summed E-state index contributed by atoms with van der Waals surface area (Å²) in [4.78, 5) is 12.4. The summed E-state index contributed by atoms with van der Waals surface area (Å²) in [5.41, 5.74) is 1.90. The average Bonchev–Trinajstić information content (AvgIpc) is 3.44. The summed E-state index contributed by atoms with van der Waals surface area (Å²) in [5, 5.41) is 9.61. The minimum atomic E-state index is -3.87. The number of hydrogen-bond acceptors (Lipinski definition) is 5. The molecule has 1 aliphatic rings. The molecule has 1 aliphatic carbocycles. The van der Waals surface area contributed by atoms with Gasteiger partial charge in [-0.2, -0.15) is 5.10 Å². The van der Waals surface area contributed by atoms with Crippen LogP contribution in [0.4, 0.5) is 11.4 Å². The molecule has 2 aromatic carbocycles. The van der Waals surface area contributed by atoms with Crippen LogP contribution in [0.5, 0.6) is 5.75 Å². The molecule has 0 atom stereocenters. The summed E-state index contributed by atoms with van der Waals surface area (Å²) in [5.74, 6) is 0.462. The van der Waals surface area contributed by atoms with Crippen molar-refractivity contribution >= 4 is 27.3 Å². The third-order valence-corrected chi connectivity index (χ3v) is 5.96. The number of amides is 1. The van der Waals surface area contributed by atoms with Crippen LogP contribution in [0.25, 0.3) is 0 Å². The molecule has 3 N–H and O–H groups in total. The average molecular weight is 412 g/mol. The topological polar surface area (TPSA) is 113 Å². The monoisotopic (exact) mass is 412 g/mol. The Morgan fingerprint density at radius 1 is 1.14 bits per heavy atom. The number of carbonyl (C=O) groups is 1. The number of benzene rings is 2. The molecule has 1 aromatic heterocycles. The van der Waals surface area contributed by atoms with Crippen molar-refractivity contribution in [3.63, 3.8) is 0 Å². The fourth-order valence-electron chi connectivity index (χ4n) is 2.93. The first kappa shape index (κ1) is 19.0. The van der Waals surface area contributed by atoms with Gasteiger partial charge in [-0.1, -0.05) is 18.2 Å². The number of para-hydroxylation sites is 2. The first-order valence-electron chi connectivity index (χ1n) is 9.09. The van der Waals surface area contributed by atoms with E-state index >= 15 is 0 Å². The van der Waals surface area contributed by atoms with Gasteiger partial charge in [-0.3, -0.25) is 14.6 Å². The van der Waals surface area contributed by atoms with Crippen LogP contribution in [0.1, 0.15) is 34.9 Å². The molecule has 4 rings (SSSR count). The molecule has 29 heavy (non-hydrogen) atoms. The maximum absolute atomic E-state index is 12.8. The highest BCUT2D eigenvalue weighted by Crippen LogP contribution is 2.39. The Morgan fingerprint density at radius 2 is 1.93 bits per heavy atom. The Balaban J connectivity index is 1.52. The standard InChI is InChI=1S/C20H20N4O4S/c1-28-19-8-3-2-7-16(19)24-29(26,27)15-6-4-5-14(11-15)21-20(25)18-12-17(22-23-18)13-9-10-13/h2-8,11-13,24H,9-10H2,1H3,(H,21,25)(H,22,23). The van der Waals surface area contributed by atoms with Gasteiger partial charge in [0.05, 0.1) is 17.7 Å². The number of methoxy groups -OCH3 is 1. The zero-order valence-corrected chi connectivity index (χ0v) is 16.5. The van der Waals surface area contributed by atoms with Crippen molar-refractivity contribution in [3.8, 4) is 5.75 Å². The Labute approximate surface area is 168 Å². The summed E-state index contributed by atoms with van der Waals surface area (Å²) >= 11 is 0. The normalized spacial score (nSPS) is 13.7. The van der Waals surface area contributed by atoms with Gasteiger partial charge in [0.1, 0.15) is 5.75 Å². The number of anilines is 2. The first-order valence-corrected chi connectivity index (χ1v) is 10.6. The Bertz CT molecular complexity index is 1150. The predicted octanol–water partition coefficient (Wildman–Crippen LogP) is 3.35. The van der Waals surface area contributed by atoms with E-state index in [9.17, 15) is 13.2 Å². The molecule has 1 amide bonds. The number of aromatic nitrogens is 2. The highest BCUT2D eigenvalue weighted by molar-refractivity contribution is 7.92. The van der Waals surface area contributed by atoms with Crippen LogP contribution in [0.15, 0.2) is 59.5 Å². The van der Waals surface area contributed by atoms with Crippen molar-refractivity contribution < 1.29 is 17.9 Å². The zero-order chi connectivity index (χ0) is 20.4. The minimum absolute atomic E-state index is 0.0157. The molecule has 1 heterocycles. The van der Waals surface area contributed by atoms with Crippen LogP contribution < -0.4 is 14.8 Å². The van der Waals surface area contributed by atoms with Crippen LogP contribution in [0, 0.1) is 0 Å². The van der Waals surface area contributed by atoms with Gasteiger partial charge in [0, 0.05) is 17.3 Å². The van der Waals surface area contributed by atoms with Gasteiger partial charge in [-0.05, 0) is 49.2 Å². The van der Waals surface area contributed by atoms with Crippen molar-refractivity contribution in [1.82, 2.24) is 10.2 Å². The fourth-order valence-corrected chi connectivity index (χ4v) is 4.04. The van der Waals surface area contributed by atoms with Crippen LogP contribution >= 0.6 is 0 Å². The van der Waals surface area contributed by atoms with Crippen LogP contribution in [0.2, 0.25) is 0 Å². The lowest BCUT2D eigenvalue weighted by Gasteiger charge is -2.12. The quantitative estimate of drug-likeness (QED) is 0.551. The number of nitrogens with zero attached hydrogens (tertiary/aromatic N) is 1. The van der Waals surface area contributed by atoms with Crippen LogP contribution in [-0.2, 0) is 10.0 Å². The second kappa shape index (κ2) is 7.59. The number of ether oxygens (including phenoxy) is 1. The van der Waals surface area contributed by atoms with E-state index in [1.807, 2.05) is 0 Å². The molecule has 0 unspecified atom stereocenters. The second-order valence-electron chi connectivity index (χ2n) is 6.77. The first-order chi connectivity index (χ1) is 14.0. The van der Waals surface area contributed by atoms with Crippen molar-refractivity contribution in [3.05, 3.63) is 66.0 Å². The van der Waals surface area contributed by atoms with E-state index in [2.05, 4.69) is 20.2 Å². The van der Waals surface area contributed by atoms with Gasteiger partial charge >= 0.3 is 0 Å². The predicted molar refractivity (Wildman–Crippen MR) is 109 cm³/mol. The maximum Gasteiger partial charge on any atom is 0.276 e. The number of rotatable bonds is 7. The number of sulfonamides is 1. The second-order valence-corrected chi connectivity index (χ2v) is 8.45. The van der Waals surface area contributed by atoms with Gasteiger partial charge in [-0.25, -0.2) is 8.42 Å². The number of carbonyl (C=O) groups excluding carboxylic acids is 1. The summed E-state index contributed by atoms with van der Waals surface area (Å²) in [6.07, 6.45) is 2.20. The van der Waals surface area contributed by atoms with E-state index in [1.54, 1.807) is 42.5 Å². The molecule has 0 bridgehead atoms. The van der Waals surface area contributed by atoms with E-state index in [4.69, 9.17) is 4.74 Å². The van der Waals surface area contributed by atoms with Gasteiger partial charge in [0.25, 0.3) is 15.9 Å². The van der Waals surface area contributed by atoms with Gasteiger partial charge in [0.15, 0.2) is 5.69 Å². The molecule has 0 radical (unpaired) electrons. The number of nitrogens with one attached hydrogen (secondary N) is 3. The lowest BCUT2D eigenvalue weighted by atomic mass is 10.2. The molecule has 0 aliphatic heterocycles. The maximum atomic E-state index is 12.8. The third-order valence-electron chi connectivity index (χ3n) is 4.60. The molecular formula is C20H20N4O4S. The Hall–Kier alpha value is -3.33. The molecule has 1 saturated carbocycles. The lowest BCUT2D eigenvalue weighted by Crippen LogP contribution is -2.15. The Kier molecular flexibility index (Phi) is 4.98. The van der Waals surface area contributed by atoms with Gasteiger partial charge < -0.3 is 10.1 Å². The molecule has 150 valence electrons. The van der Waals surface area contributed by atoms with Gasteiger partial charge in [0.2, 0.25) is 0 Å². The lowest BCUT2D eigenvalue weighted by molar-refractivity contribution is 0.102. The zero-order valence-electron chi connectivity index (χ0n) is 15.7. The number of aromatic amines is 1. The summed E-state index contributed by atoms with van der Waals surface area (Å²) in [6.45, 7) is 0. The highest BCUT2D eigenvalue weighted by Gasteiger charge is 2.26. The molecule has 0 saturated heterocycles. The Morgan fingerprint density at radius 3 is 2.69 bits per heavy atom. The summed E-state index contributed by atoms with van der Waals surface area (Å²) in [6, 6.07) is 14.5. The smallest absolute Gasteiger partial charge is 0.276 e.